The van der Waals surface area contributed by atoms with Gasteiger partial charge in [0.15, 0.2) is 6.61 Å². The number of halogens is 1. The molecule has 1 aromatic rings. The molecule has 0 atom stereocenters. The fourth-order valence-corrected chi connectivity index (χ4v) is 2.21. The Balaban J connectivity index is 2.67. The smallest absolute Gasteiger partial charge is 0.257 e. The number of benzene rings is 1. The van der Waals surface area contributed by atoms with Crippen LogP contribution in [0.1, 0.15) is 50.7 Å². The van der Waals surface area contributed by atoms with Crippen molar-refractivity contribution in [2.24, 2.45) is 0 Å². The maximum absolute atomic E-state index is 11.7. The van der Waals surface area contributed by atoms with Crippen molar-refractivity contribution >= 4 is 21.8 Å². The first kappa shape index (κ1) is 17.0. The van der Waals surface area contributed by atoms with Gasteiger partial charge in [-0.1, -0.05) is 43.1 Å². The Morgan fingerprint density at radius 3 is 2.70 bits per heavy atom. The molecule has 0 saturated carbocycles. The third-order valence-corrected chi connectivity index (χ3v) is 3.98. The molecule has 0 fully saturated rings. The van der Waals surface area contributed by atoms with E-state index in [0.717, 1.165) is 40.7 Å². The lowest BCUT2D eigenvalue weighted by Gasteiger charge is -2.16. The summed E-state index contributed by atoms with van der Waals surface area (Å²) in [5.41, 5.74) is 2.22. The SMILES string of the molecule is CCCCNC(=O)COc1cc(C)c(Br)cc1C(C)C. The molecular formula is C16H24BrNO2. The van der Waals surface area contributed by atoms with E-state index in [1.54, 1.807) is 0 Å². The number of carbonyl (C=O) groups is 1. The van der Waals surface area contributed by atoms with Crippen molar-refractivity contribution in [3.63, 3.8) is 0 Å². The summed E-state index contributed by atoms with van der Waals surface area (Å²) >= 11 is 3.54. The van der Waals surface area contributed by atoms with Crippen LogP contribution in [0.5, 0.6) is 5.75 Å². The summed E-state index contributed by atoms with van der Waals surface area (Å²) in [5.74, 6) is 1.09. The highest BCUT2D eigenvalue weighted by atomic mass is 79.9. The van der Waals surface area contributed by atoms with Gasteiger partial charge in [-0.25, -0.2) is 0 Å². The van der Waals surface area contributed by atoms with Crippen molar-refractivity contribution < 1.29 is 9.53 Å². The summed E-state index contributed by atoms with van der Waals surface area (Å²) in [7, 11) is 0. The molecule has 1 rings (SSSR count). The number of ether oxygens (including phenoxy) is 1. The lowest BCUT2D eigenvalue weighted by Crippen LogP contribution is -2.29. The number of carbonyl (C=O) groups excluding carboxylic acids is 1. The minimum absolute atomic E-state index is 0.0614. The molecule has 0 radical (unpaired) electrons. The van der Waals surface area contributed by atoms with E-state index in [4.69, 9.17) is 4.74 Å². The molecule has 0 bridgehead atoms. The third-order valence-electron chi connectivity index (χ3n) is 3.12. The van der Waals surface area contributed by atoms with Crippen LogP contribution in [0.25, 0.3) is 0 Å². The van der Waals surface area contributed by atoms with Crippen LogP contribution >= 0.6 is 15.9 Å². The van der Waals surface area contributed by atoms with Gasteiger partial charge in [0, 0.05) is 11.0 Å². The summed E-state index contributed by atoms with van der Waals surface area (Å²) in [6.07, 6.45) is 2.07. The average molecular weight is 342 g/mol. The van der Waals surface area contributed by atoms with Crippen LogP contribution in [0.3, 0.4) is 0 Å². The summed E-state index contributed by atoms with van der Waals surface area (Å²) in [5, 5.41) is 2.86. The molecule has 0 heterocycles. The van der Waals surface area contributed by atoms with E-state index in [9.17, 15) is 4.79 Å². The third kappa shape index (κ3) is 5.16. The van der Waals surface area contributed by atoms with Gasteiger partial charge in [0.2, 0.25) is 0 Å². The van der Waals surface area contributed by atoms with Crippen molar-refractivity contribution in [1.29, 1.82) is 0 Å². The number of rotatable bonds is 7. The van der Waals surface area contributed by atoms with E-state index in [1.807, 2.05) is 13.0 Å². The second-order valence-corrected chi connectivity index (χ2v) is 6.14. The number of nitrogens with one attached hydrogen (secondary N) is 1. The molecule has 0 aliphatic heterocycles. The molecule has 20 heavy (non-hydrogen) atoms. The summed E-state index contributed by atoms with van der Waals surface area (Å²) in [4.78, 5) is 11.7. The van der Waals surface area contributed by atoms with Crippen LogP contribution in [0.2, 0.25) is 0 Å². The Morgan fingerprint density at radius 1 is 1.40 bits per heavy atom. The standard InChI is InChI=1S/C16H24BrNO2/c1-5-6-7-18-16(19)10-20-15-8-12(4)14(17)9-13(15)11(2)3/h8-9,11H,5-7,10H2,1-4H3,(H,18,19). The van der Waals surface area contributed by atoms with Gasteiger partial charge < -0.3 is 10.1 Å². The van der Waals surface area contributed by atoms with Crippen LogP contribution < -0.4 is 10.1 Å². The average Bonchev–Trinajstić information content (AvgIpc) is 2.39. The van der Waals surface area contributed by atoms with Gasteiger partial charge in [-0.15, -0.1) is 0 Å². The highest BCUT2D eigenvalue weighted by Crippen LogP contribution is 2.32. The molecule has 112 valence electrons. The Labute approximate surface area is 130 Å². The van der Waals surface area contributed by atoms with Gasteiger partial charge in [-0.05, 0) is 42.5 Å². The number of unbranched alkanes of at least 4 members (excludes halogenated alkanes) is 1. The zero-order valence-corrected chi connectivity index (χ0v) is 14.3. The second kappa shape index (κ2) is 8.30. The van der Waals surface area contributed by atoms with Crippen LogP contribution in [-0.2, 0) is 4.79 Å². The number of hydrogen-bond acceptors (Lipinski definition) is 2. The number of amides is 1. The first-order chi connectivity index (χ1) is 9.45. The minimum Gasteiger partial charge on any atom is -0.483 e. The molecule has 0 aromatic heterocycles. The van der Waals surface area contributed by atoms with Crippen molar-refractivity contribution in [3.8, 4) is 5.75 Å². The molecular weight excluding hydrogens is 318 g/mol. The van der Waals surface area contributed by atoms with Crippen molar-refractivity contribution in [2.75, 3.05) is 13.2 Å². The predicted molar refractivity (Wildman–Crippen MR) is 86.4 cm³/mol. The van der Waals surface area contributed by atoms with E-state index >= 15 is 0 Å². The largest absolute Gasteiger partial charge is 0.483 e. The van der Waals surface area contributed by atoms with E-state index in [1.165, 1.54) is 0 Å². The molecule has 4 heteroatoms. The van der Waals surface area contributed by atoms with Gasteiger partial charge in [-0.3, -0.25) is 4.79 Å². The zero-order chi connectivity index (χ0) is 15.1. The monoisotopic (exact) mass is 341 g/mol. The van der Waals surface area contributed by atoms with Crippen molar-refractivity contribution in [3.05, 3.63) is 27.7 Å². The Hall–Kier alpha value is -1.03. The molecule has 0 spiro atoms. The fraction of sp³-hybridized carbons (Fsp3) is 0.562. The molecule has 0 unspecified atom stereocenters. The topological polar surface area (TPSA) is 38.3 Å². The van der Waals surface area contributed by atoms with Crippen molar-refractivity contribution in [1.82, 2.24) is 5.32 Å². The number of hydrogen-bond donors (Lipinski definition) is 1. The molecule has 1 amide bonds. The van der Waals surface area contributed by atoms with E-state index < -0.39 is 0 Å². The molecule has 1 N–H and O–H groups in total. The summed E-state index contributed by atoms with van der Waals surface area (Å²) in [6, 6.07) is 4.06. The van der Waals surface area contributed by atoms with Crippen LogP contribution in [0.15, 0.2) is 16.6 Å². The highest BCUT2D eigenvalue weighted by Gasteiger charge is 2.12. The maximum Gasteiger partial charge on any atom is 0.257 e. The summed E-state index contributed by atoms with van der Waals surface area (Å²) in [6.45, 7) is 9.14. The quantitative estimate of drug-likeness (QED) is 0.755. The Morgan fingerprint density at radius 2 is 2.10 bits per heavy atom. The van der Waals surface area contributed by atoms with Crippen LogP contribution in [-0.4, -0.2) is 19.1 Å². The molecule has 0 aliphatic rings. The lowest BCUT2D eigenvalue weighted by atomic mass is 10.0. The second-order valence-electron chi connectivity index (χ2n) is 5.29. The highest BCUT2D eigenvalue weighted by molar-refractivity contribution is 9.10. The van der Waals surface area contributed by atoms with Gasteiger partial charge in [0.05, 0.1) is 0 Å². The van der Waals surface area contributed by atoms with Gasteiger partial charge in [-0.2, -0.15) is 0 Å². The van der Waals surface area contributed by atoms with E-state index in [-0.39, 0.29) is 12.5 Å². The molecule has 0 saturated heterocycles. The maximum atomic E-state index is 11.7. The van der Waals surface area contributed by atoms with Crippen LogP contribution in [0.4, 0.5) is 0 Å². The Bertz CT molecular complexity index is 458. The minimum atomic E-state index is -0.0614. The first-order valence-corrected chi connectivity index (χ1v) is 7.94. The fourth-order valence-electron chi connectivity index (χ4n) is 1.85. The molecule has 3 nitrogen and oxygen atoms in total. The summed E-state index contributed by atoms with van der Waals surface area (Å²) < 4.78 is 6.76. The van der Waals surface area contributed by atoms with Gasteiger partial charge in [0.25, 0.3) is 5.91 Å². The van der Waals surface area contributed by atoms with Gasteiger partial charge in [0.1, 0.15) is 5.75 Å². The van der Waals surface area contributed by atoms with Crippen LogP contribution in [0, 0.1) is 6.92 Å². The normalized spacial score (nSPS) is 10.7. The van der Waals surface area contributed by atoms with Crippen molar-refractivity contribution in [2.45, 2.75) is 46.5 Å². The number of aryl methyl sites for hydroxylation is 1. The molecule has 1 aromatic carbocycles. The first-order valence-electron chi connectivity index (χ1n) is 7.15. The predicted octanol–water partition coefficient (Wildman–Crippen LogP) is 4.18. The lowest BCUT2D eigenvalue weighted by molar-refractivity contribution is -0.123. The molecule has 0 aliphatic carbocycles. The Kier molecular flexibility index (Phi) is 7.06. The van der Waals surface area contributed by atoms with E-state index in [2.05, 4.69) is 48.1 Å². The zero-order valence-electron chi connectivity index (χ0n) is 12.8. The van der Waals surface area contributed by atoms with E-state index in [0.29, 0.717) is 5.92 Å². The van der Waals surface area contributed by atoms with Gasteiger partial charge >= 0.3 is 0 Å².